The molecule has 0 saturated carbocycles. The fourth-order valence-electron chi connectivity index (χ4n) is 1.96. The van der Waals surface area contributed by atoms with E-state index in [4.69, 9.17) is 16.3 Å². The van der Waals surface area contributed by atoms with Crippen molar-refractivity contribution in [1.29, 1.82) is 0 Å². The lowest BCUT2D eigenvalue weighted by atomic mass is 10.2. The molecule has 0 radical (unpaired) electrons. The lowest BCUT2D eigenvalue weighted by Gasteiger charge is -2.07. The van der Waals surface area contributed by atoms with Crippen LogP contribution in [0.15, 0.2) is 24.3 Å². The van der Waals surface area contributed by atoms with Crippen molar-refractivity contribution < 1.29 is 9.53 Å². The van der Waals surface area contributed by atoms with Gasteiger partial charge in [-0.05, 0) is 24.1 Å². The van der Waals surface area contributed by atoms with Gasteiger partial charge >= 0.3 is 5.97 Å². The molecule has 0 aliphatic rings. The van der Waals surface area contributed by atoms with Crippen LogP contribution in [0.4, 0.5) is 0 Å². The molecule has 2 rings (SSSR count). The van der Waals surface area contributed by atoms with Gasteiger partial charge in [-0.1, -0.05) is 42.3 Å². The molecule has 0 atom stereocenters. The molecule has 0 spiro atoms. The normalized spacial score (nSPS) is 10.6. The minimum Gasteiger partial charge on any atom is -0.464 e. The second-order valence-corrected chi connectivity index (χ2v) is 4.85. The zero-order valence-electron chi connectivity index (χ0n) is 11.5. The summed E-state index contributed by atoms with van der Waals surface area (Å²) in [5, 5.41) is 8.68. The Bertz CT molecular complexity index is 593. The first-order valence-corrected chi connectivity index (χ1v) is 6.78. The third-order valence-corrected chi connectivity index (χ3v) is 3.20. The minimum atomic E-state index is -0.448. The number of benzene rings is 1. The van der Waals surface area contributed by atoms with Gasteiger partial charge in [0.1, 0.15) is 0 Å². The van der Waals surface area contributed by atoms with E-state index in [1.165, 1.54) is 7.11 Å². The average Bonchev–Trinajstić information content (AvgIpc) is 2.84. The fourth-order valence-corrected chi connectivity index (χ4v) is 2.09. The Labute approximate surface area is 122 Å². The molecule has 0 unspecified atom stereocenters. The van der Waals surface area contributed by atoms with E-state index in [1.807, 2.05) is 31.2 Å². The standard InChI is InChI=1S/C14H16ClN3O2/c1-3-4-12-13(14(19)20-2)16-17-18(12)9-10-5-7-11(15)8-6-10/h5-8H,3-4,9H2,1-2H3. The fraction of sp³-hybridized carbons (Fsp3) is 0.357. The Kier molecular flexibility index (Phi) is 4.74. The molecule has 0 aliphatic heterocycles. The van der Waals surface area contributed by atoms with Gasteiger partial charge in [0.25, 0.3) is 0 Å². The zero-order valence-corrected chi connectivity index (χ0v) is 12.2. The maximum atomic E-state index is 11.7. The summed E-state index contributed by atoms with van der Waals surface area (Å²) in [7, 11) is 1.34. The summed E-state index contributed by atoms with van der Waals surface area (Å²) in [6, 6.07) is 7.51. The van der Waals surface area contributed by atoms with Crippen LogP contribution < -0.4 is 0 Å². The number of methoxy groups -OCH3 is 1. The highest BCUT2D eigenvalue weighted by Gasteiger charge is 2.19. The van der Waals surface area contributed by atoms with Crippen LogP contribution in [0.25, 0.3) is 0 Å². The van der Waals surface area contributed by atoms with E-state index in [0.29, 0.717) is 17.3 Å². The molecule has 1 heterocycles. The summed E-state index contributed by atoms with van der Waals surface area (Å²) in [6.07, 6.45) is 1.63. The third kappa shape index (κ3) is 3.17. The monoisotopic (exact) mass is 293 g/mol. The Balaban J connectivity index is 2.29. The number of hydrogen-bond donors (Lipinski definition) is 0. The van der Waals surface area contributed by atoms with E-state index in [0.717, 1.165) is 24.1 Å². The molecule has 0 amide bonds. The summed E-state index contributed by atoms with van der Waals surface area (Å²) >= 11 is 5.86. The molecule has 106 valence electrons. The van der Waals surface area contributed by atoms with Crippen LogP contribution in [0.1, 0.15) is 35.1 Å². The van der Waals surface area contributed by atoms with Crippen molar-refractivity contribution in [2.75, 3.05) is 7.11 Å². The summed E-state index contributed by atoms with van der Waals surface area (Å²) in [6.45, 7) is 2.59. The van der Waals surface area contributed by atoms with Crippen LogP contribution in [0, 0.1) is 0 Å². The maximum absolute atomic E-state index is 11.7. The van der Waals surface area contributed by atoms with Crippen LogP contribution in [-0.2, 0) is 17.7 Å². The van der Waals surface area contributed by atoms with Crippen LogP contribution >= 0.6 is 11.6 Å². The lowest BCUT2D eigenvalue weighted by molar-refractivity contribution is 0.0592. The van der Waals surface area contributed by atoms with Gasteiger partial charge in [-0.3, -0.25) is 0 Å². The van der Waals surface area contributed by atoms with E-state index in [9.17, 15) is 4.79 Å². The van der Waals surface area contributed by atoms with Crippen molar-refractivity contribution in [3.63, 3.8) is 0 Å². The first-order chi connectivity index (χ1) is 9.65. The molecule has 0 saturated heterocycles. The first-order valence-electron chi connectivity index (χ1n) is 6.40. The predicted octanol–water partition coefficient (Wildman–Crippen LogP) is 2.72. The van der Waals surface area contributed by atoms with Crippen molar-refractivity contribution in [2.24, 2.45) is 0 Å². The average molecular weight is 294 g/mol. The minimum absolute atomic E-state index is 0.295. The molecule has 0 bridgehead atoms. The Hall–Kier alpha value is -1.88. The highest BCUT2D eigenvalue weighted by atomic mass is 35.5. The maximum Gasteiger partial charge on any atom is 0.360 e. The van der Waals surface area contributed by atoms with Gasteiger partial charge < -0.3 is 4.74 Å². The van der Waals surface area contributed by atoms with E-state index < -0.39 is 5.97 Å². The molecule has 0 N–H and O–H groups in total. The summed E-state index contributed by atoms with van der Waals surface area (Å²) < 4.78 is 6.47. The van der Waals surface area contributed by atoms with Gasteiger partial charge in [0, 0.05) is 5.02 Å². The number of hydrogen-bond acceptors (Lipinski definition) is 4. The van der Waals surface area contributed by atoms with Crippen molar-refractivity contribution in [3.8, 4) is 0 Å². The topological polar surface area (TPSA) is 57.0 Å². The van der Waals surface area contributed by atoms with Gasteiger partial charge in [-0.2, -0.15) is 0 Å². The SMILES string of the molecule is CCCc1c(C(=O)OC)nnn1Cc1ccc(Cl)cc1. The molecule has 0 aliphatic carbocycles. The van der Waals surface area contributed by atoms with E-state index in [1.54, 1.807) is 4.68 Å². The number of aromatic nitrogens is 3. The Morgan fingerprint density at radius 2 is 2.05 bits per heavy atom. The van der Waals surface area contributed by atoms with Crippen molar-refractivity contribution in [3.05, 3.63) is 46.2 Å². The van der Waals surface area contributed by atoms with Crippen LogP contribution in [0.5, 0.6) is 0 Å². The number of rotatable bonds is 5. The first kappa shape index (κ1) is 14.5. The zero-order chi connectivity index (χ0) is 14.5. The number of ether oxygens (including phenoxy) is 1. The molecule has 2 aromatic rings. The number of carbonyl (C=O) groups excluding carboxylic acids is 1. The van der Waals surface area contributed by atoms with Crippen LogP contribution in [-0.4, -0.2) is 28.1 Å². The quantitative estimate of drug-likeness (QED) is 0.795. The molecule has 5 nitrogen and oxygen atoms in total. The number of halogens is 1. The second-order valence-electron chi connectivity index (χ2n) is 4.41. The largest absolute Gasteiger partial charge is 0.464 e. The molecular formula is C14H16ClN3O2. The van der Waals surface area contributed by atoms with Gasteiger partial charge in [0.15, 0.2) is 5.69 Å². The van der Waals surface area contributed by atoms with Crippen molar-refractivity contribution in [1.82, 2.24) is 15.0 Å². The summed E-state index contributed by atoms with van der Waals surface area (Å²) in [5.41, 5.74) is 2.14. The Morgan fingerprint density at radius 3 is 2.65 bits per heavy atom. The van der Waals surface area contributed by atoms with Crippen molar-refractivity contribution in [2.45, 2.75) is 26.3 Å². The summed E-state index contributed by atoms with van der Waals surface area (Å²) in [5.74, 6) is -0.448. The van der Waals surface area contributed by atoms with Crippen LogP contribution in [0.3, 0.4) is 0 Å². The number of nitrogens with zero attached hydrogens (tertiary/aromatic N) is 3. The van der Waals surface area contributed by atoms with Crippen molar-refractivity contribution >= 4 is 17.6 Å². The highest BCUT2D eigenvalue weighted by Crippen LogP contribution is 2.14. The van der Waals surface area contributed by atoms with E-state index >= 15 is 0 Å². The second kappa shape index (κ2) is 6.52. The summed E-state index contributed by atoms with van der Waals surface area (Å²) in [4.78, 5) is 11.7. The third-order valence-electron chi connectivity index (χ3n) is 2.95. The Morgan fingerprint density at radius 1 is 1.35 bits per heavy atom. The molecule has 20 heavy (non-hydrogen) atoms. The number of esters is 1. The lowest BCUT2D eigenvalue weighted by Crippen LogP contribution is -2.10. The highest BCUT2D eigenvalue weighted by molar-refractivity contribution is 6.30. The van der Waals surface area contributed by atoms with Gasteiger partial charge in [-0.15, -0.1) is 5.10 Å². The van der Waals surface area contributed by atoms with Gasteiger partial charge in [0.05, 0.1) is 19.3 Å². The van der Waals surface area contributed by atoms with E-state index in [-0.39, 0.29) is 0 Å². The van der Waals surface area contributed by atoms with E-state index in [2.05, 4.69) is 10.3 Å². The molecule has 1 aromatic carbocycles. The van der Waals surface area contributed by atoms with Gasteiger partial charge in [0.2, 0.25) is 0 Å². The molecular weight excluding hydrogens is 278 g/mol. The predicted molar refractivity (Wildman–Crippen MR) is 75.9 cm³/mol. The molecule has 1 aromatic heterocycles. The smallest absolute Gasteiger partial charge is 0.360 e. The van der Waals surface area contributed by atoms with Crippen LogP contribution in [0.2, 0.25) is 5.02 Å². The molecule has 6 heteroatoms. The molecule has 0 fully saturated rings. The van der Waals surface area contributed by atoms with Gasteiger partial charge in [-0.25, -0.2) is 9.48 Å². The number of carbonyl (C=O) groups is 1.